The number of hydrogen-bond donors (Lipinski definition) is 1. The quantitative estimate of drug-likeness (QED) is 0.912. The fourth-order valence-electron chi connectivity index (χ4n) is 2.51. The van der Waals surface area contributed by atoms with Crippen molar-refractivity contribution in [1.82, 2.24) is 9.78 Å². The number of aliphatic hydroxyl groups excluding tert-OH is 1. The molecule has 0 bridgehead atoms. The minimum absolute atomic E-state index is 0.0323. The highest BCUT2D eigenvalue weighted by molar-refractivity contribution is 5.27. The SMILES string of the molecule is CCC(O)c1c(C)nn(CC(F)(F)c2ccccc2)c1C. The minimum Gasteiger partial charge on any atom is -0.388 e. The molecule has 0 saturated heterocycles. The second-order valence-corrected chi connectivity index (χ2v) is 5.24. The summed E-state index contributed by atoms with van der Waals surface area (Å²) in [5, 5.41) is 14.1. The molecular formula is C16H20F2N2O. The fourth-order valence-corrected chi connectivity index (χ4v) is 2.51. The van der Waals surface area contributed by atoms with Crippen LogP contribution in [0.3, 0.4) is 0 Å². The molecule has 1 atom stereocenters. The van der Waals surface area contributed by atoms with Crippen molar-refractivity contribution in [2.75, 3.05) is 0 Å². The van der Waals surface area contributed by atoms with Crippen LogP contribution in [0.25, 0.3) is 0 Å². The van der Waals surface area contributed by atoms with Gasteiger partial charge in [-0.2, -0.15) is 13.9 Å². The Morgan fingerprint density at radius 3 is 2.43 bits per heavy atom. The number of aliphatic hydroxyl groups is 1. The number of aromatic nitrogens is 2. The van der Waals surface area contributed by atoms with Crippen molar-refractivity contribution < 1.29 is 13.9 Å². The van der Waals surface area contributed by atoms with Crippen LogP contribution in [0.15, 0.2) is 30.3 Å². The van der Waals surface area contributed by atoms with E-state index in [1.54, 1.807) is 32.0 Å². The Balaban J connectivity index is 2.32. The molecule has 0 radical (unpaired) electrons. The first-order chi connectivity index (χ1) is 9.86. The van der Waals surface area contributed by atoms with Gasteiger partial charge in [-0.05, 0) is 20.3 Å². The lowest BCUT2D eigenvalue weighted by molar-refractivity contribution is -0.0260. The van der Waals surface area contributed by atoms with E-state index in [0.717, 1.165) is 0 Å². The van der Waals surface area contributed by atoms with Crippen molar-refractivity contribution in [3.63, 3.8) is 0 Å². The van der Waals surface area contributed by atoms with Crippen LogP contribution >= 0.6 is 0 Å². The van der Waals surface area contributed by atoms with Crippen molar-refractivity contribution in [2.24, 2.45) is 0 Å². The normalized spacial score (nSPS) is 13.4. The van der Waals surface area contributed by atoms with E-state index in [-0.39, 0.29) is 5.56 Å². The minimum atomic E-state index is -3.00. The lowest BCUT2D eigenvalue weighted by Crippen LogP contribution is -2.23. The van der Waals surface area contributed by atoms with Crippen molar-refractivity contribution in [3.8, 4) is 0 Å². The molecule has 114 valence electrons. The summed E-state index contributed by atoms with van der Waals surface area (Å²) in [4.78, 5) is 0. The Hall–Kier alpha value is -1.75. The van der Waals surface area contributed by atoms with E-state index in [0.29, 0.717) is 23.4 Å². The van der Waals surface area contributed by atoms with Crippen molar-refractivity contribution >= 4 is 0 Å². The second-order valence-electron chi connectivity index (χ2n) is 5.24. The Bertz CT molecular complexity index is 608. The van der Waals surface area contributed by atoms with Crippen LogP contribution in [0.4, 0.5) is 8.78 Å². The lowest BCUT2D eigenvalue weighted by Gasteiger charge is -2.18. The van der Waals surface area contributed by atoms with Gasteiger partial charge in [0.05, 0.1) is 11.8 Å². The molecule has 2 aromatic rings. The third-order valence-corrected chi connectivity index (χ3v) is 3.70. The highest BCUT2D eigenvalue weighted by Crippen LogP contribution is 2.32. The number of aryl methyl sites for hydroxylation is 1. The summed E-state index contributed by atoms with van der Waals surface area (Å²) < 4.78 is 29.9. The fraction of sp³-hybridized carbons (Fsp3) is 0.438. The number of benzene rings is 1. The molecule has 0 fully saturated rings. The van der Waals surface area contributed by atoms with Crippen LogP contribution in [-0.4, -0.2) is 14.9 Å². The Morgan fingerprint density at radius 2 is 1.86 bits per heavy atom. The van der Waals surface area contributed by atoms with E-state index in [1.807, 2.05) is 6.92 Å². The van der Waals surface area contributed by atoms with Gasteiger partial charge in [0, 0.05) is 16.8 Å². The Labute approximate surface area is 123 Å². The van der Waals surface area contributed by atoms with Gasteiger partial charge in [-0.15, -0.1) is 0 Å². The summed E-state index contributed by atoms with van der Waals surface area (Å²) >= 11 is 0. The summed E-state index contributed by atoms with van der Waals surface area (Å²) in [7, 11) is 0. The highest BCUT2D eigenvalue weighted by atomic mass is 19.3. The summed E-state index contributed by atoms with van der Waals surface area (Å²) in [6, 6.07) is 7.72. The summed E-state index contributed by atoms with van der Waals surface area (Å²) in [6.07, 6.45) is -0.133. The molecule has 0 aliphatic heterocycles. The predicted octanol–water partition coefficient (Wildman–Crippen LogP) is 3.74. The average molecular weight is 294 g/mol. The molecule has 1 aromatic heterocycles. The third kappa shape index (κ3) is 3.13. The van der Waals surface area contributed by atoms with E-state index in [2.05, 4.69) is 5.10 Å². The number of hydrogen-bond acceptors (Lipinski definition) is 2. The Morgan fingerprint density at radius 1 is 1.24 bits per heavy atom. The molecule has 2 rings (SSSR count). The maximum atomic E-state index is 14.3. The molecule has 0 aliphatic rings. The van der Waals surface area contributed by atoms with E-state index >= 15 is 0 Å². The lowest BCUT2D eigenvalue weighted by atomic mass is 10.1. The van der Waals surface area contributed by atoms with Crippen LogP contribution in [-0.2, 0) is 12.5 Å². The first kappa shape index (κ1) is 15.6. The van der Waals surface area contributed by atoms with Crippen LogP contribution in [0.2, 0.25) is 0 Å². The zero-order valence-corrected chi connectivity index (χ0v) is 12.5. The zero-order chi connectivity index (χ0) is 15.6. The van der Waals surface area contributed by atoms with Crippen molar-refractivity contribution in [1.29, 1.82) is 0 Å². The van der Waals surface area contributed by atoms with Gasteiger partial charge < -0.3 is 5.11 Å². The largest absolute Gasteiger partial charge is 0.388 e. The molecule has 1 aromatic carbocycles. The van der Waals surface area contributed by atoms with Crippen LogP contribution in [0, 0.1) is 13.8 Å². The van der Waals surface area contributed by atoms with E-state index in [1.165, 1.54) is 16.8 Å². The molecule has 0 saturated carbocycles. The van der Waals surface area contributed by atoms with E-state index < -0.39 is 18.6 Å². The van der Waals surface area contributed by atoms with E-state index in [9.17, 15) is 13.9 Å². The molecule has 21 heavy (non-hydrogen) atoms. The third-order valence-electron chi connectivity index (χ3n) is 3.70. The van der Waals surface area contributed by atoms with Crippen LogP contribution in [0.1, 0.15) is 42.0 Å². The first-order valence-electron chi connectivity index (χ1n) is 7.02. The molecule has 0 spiro atoms. The number of rotatable bonds is 5. The van der Waals surface area contributed by atoms with Gasteiger partial charge in [-0.1, -0.05) is 37.3 Å². The Kier molecular flexibility index (Phi) is 4.42. The molecule has 1 heterocycles. The summed E-state index contributed by atoms with van der Waals surface area (Å²) in [5.41, 5.74) is 1.82. The first-order valence-corrected chi connectivity index (χ1v) is 7.02. The van der Waals surface area contributed by atoms with Crippen LogP contribution in [0.5, 0.6) is 0 Å². The number of halogens is 2. The maximum absolute atomic E-state index is 14.3. The molecular weight excluding hydrogens is 274 g/mol. The van der Waals surface area contributed by atoms with Gasteiger partial charge in [0.15, 0.2) is 0 Å². The summed E-state index contributed by atoms with van der Waals surface area (Å²) in [6.45, 7) is 4.77. The molecule has 3 nitrogen and oxygen atoms in total. The number of alkyl halides is 2. The zero-order valence-electron chi connectivity index (χ0n) is 12.5. The smallest absolute Gasteiger partial charge is 0.292 e. The second kappa shape index (κ2) is 5.93. The van der Waals surface area contributed by atoms with Crippen molar-refractivity contribution in [3.05, 3.63) is 52.8 Å². The van der Waals surface area contributed by atoms with Crippen molar-refractivity contribution in [2.45, 2.75) is 45.8 Å². The average Bonchev–Trinajstić information content (AvgIpc) is 2.73. The van der Waals surface area contributed by atoms with Gasteiger partial charge in [0.2, 0.25) is 0 Å². The standard InChI is InChI=1S/C16H20F2N2O/c1-4-14(21)15-11(2)19-20(12(15)3)10-16(17,18)13-8-6-5-7-9-13/h5-9,14,21H,4,10H2,1-3H3. The van der Waals surface area contributed by atoms with Crippen LogP contribution < -0.4 is 0 Å². The summed E-state index contributed by atoms with van der Waals surface area (Å²) in [5.74, 6) is -3.00. The monoisotopic (exact) mass is 294 g/mol. The maximum Gasteiger partial charge on any atom is 0.292 e. The van der Waals surface area contributed by atoms with Gasteiger partial charge in [0.1, 0.15) is 6.54 Å². The van der Waals surface area contributed by atoms with E-state index in [4.69, 9.17) is 0 Å². The molecule has 1 N–H and O–H groups in total. The topological polar surface area (TPSA) is 38.1 Å². The molecule has 0 amide bonds. The predicted molar refractivity (Wildman–Crippen MR) is 77.3 cm³/mol. The van der Waals surface area contributed by atoms with Gasteiger partial charge >= 0.3 is 0 Å². The molecule has 0 aliphatic carbocycles. The molecule has 1 unspecified atom stereocenters. The van der Waals surface area contributed by atoms with Gasteiger partial charge in [-0.25, -0.2) is 0 Å². The highest BCUT2D eigenvalue weighted by Gasteiger charge is 2.33. The van der Waals surface area contributed by atoms with Gasteiger partial charge in [-0.3, -0.25) is 4.68 Å². The molecule has 5 heteroatoms. The number of nitrogens with zero attached hydrogens (tertiary/aromatic N) is 2. The van der Waals surface area contributed by atoms with Gasteiger partial charge in [0.25, 0.3) is 5.92 Å².